The van der Waals surface area contributed by atoms with E-state index in [1.165, 1.54) is 51.8 Å². The summed E-state index contributed by atoms with van der Waals surface area (Å²) in [4.78, 5) is 13.6. The first kappa shape index (κ1) is 36.4. The van der Waals surface area contributed by atoms with Crippen molar-refractivity contribution in [3.8, 4) is 0 Å². The molecule has 1 aromatic rings. The monoisotopic (exact) mass is 668 g/mol. The molecule has 0 amide bonds. The second-order valence-corrected chi connectivity index (χ2v) is 31.2. The van der Waals surface area contributed by atoms with E-state index in [-0.39, 0.29) is 15.1 Å². The SMILES string of the molecule is CCC[CH2][Sn]([CH2]CCC)([CH2]CCC)[C@H](/C=C/CCCO[Si](C)(C)C(C)(C)C)OC(=O)[C@H](OC)c1ccccc1. The molecule has 0 heterocycles. The van der Waals surface area contributed by atoms with Gasteiger partial charge in [0, 0.05) is 0 Å². The number of unbranched alkanes of at least 4 members (excludes halogenated alkanes) is 4. The molecule has 0 N–H and O–H groups in total. The van der Waals surface area contributed by atoms with Crippen LogP contribution in [0.3, 0.4) is 0 Å². The molecule has 0 fully saturated rings. The fourth-order valence-corrected chi connectivity index (χ4v) is 22.2. The number of hydrogen-bond donors (Lipinski definition) is 0. The molecule has 0 saturated heterocycles. The number of carbonyl (C=O) groups excluding carboxylic acids is 1. The van der Waals surface area contributed by atoms with Crippen molar-refractivity contribution in [1.82, 2.24) is 0 Å². The van der Waals surface area contributed by atoms with Gasteiger partial charge in [0.25, 0.3) is 0 Å². The molecule has 0 aliphatic heterocycles. The number of benzene rings is 1. The summed E-state index contributed by atoms with van der Waals surface area (Å²) in [5, 5.41) is 0.227. The molecule has 0 aliphatic carbocycles. The van der Waals surface area contributed by atoms with Gasteiger partial charge in [-0.25, -0.2) is 0 Å². The second kappa shape index (κ2) is 18.7. The van der Waals surface area contributed by atoms with Crippen molar-refractivity contribution in [3.05, 3.63) is 48.0 Å². The van der Waals surface area contributed by atoms with E-state index in [2.05, 4.69) is 66.8 Å². The Morgan fingerprint density at radius 3 is 1.92 bits per heavy atom. The normalized spacial score (nSPS) is 14.5. The Labute approximate surface area is 246 Å². The summed E-state index contributed by atoms with van der Waals surface area (Å²) in [5.74, 6) is -0.245. The van der Waals surface area contributed by atoms with Crippen LogP contribution in [-0.2, 0) is 18.7 Å². The standard InChI is InChI=1S/C21H33O4Si.3C4H9.Sn/c1-21(2,3)26(5,6)25-17-13-8-7-12-16-24-20(22)19(23-4)18-14-10-9-11-15-18;3*1-3-4-2;/h7,9-12,14-16,19H,8,13,17H2,1-6H3;3*1,3-4H2,2H3;/b12-7+;;;;/t19-;;;;/m1..../s1. The first-order valence-corrected chi connectivity index (χ1v) is 26.2. The van der Waals surface area contributed by atoms with Crippen LogP contribution in [-0.4, -0.2) is 50.5 Å². The van der Waals surface area contributed by atoms with Crippen LogP contribution in [0.2, 0.25) is 31.4 Å². The van der Waals surface area contributed by atoms with E-state index in [0.29, 0.717) is 0 Å². The zero-order chi connectivity index (χ0) is 29.4. The first-order valence-electron chi connectivity index (χ1n) is 15.6. The number of methoxy groups -OCH3 is 1. The van der Waals surface area contributed by atoms with Gasteiger partial charge in [0.15, 0.2) is 0 Å². The van der Waals surface area contributed by atoms with Crippen molar-refractivity contribution in [1.29, 1.82) is 0 Å². The van der Waals surface area contributed by atoms with Crippen LogP contribution in [0.1, 0.15) is 105 Å². The van der Waals surface area contributed by atoms with Gasteiger partial charge in [-0.2, -0.15) is 0 Å². The molecule has 0 bridgehead atoms. The Kier molecular flexibility index (Phi) is 17.5. The minimum absolute atomic E-state index is 0.0564. The Balaban J connectivity index is 3.20. The average Bonchev–Trinajstić information content (AvgIpc) is 2.90. The van der Waals surface area contributed by atoms with Gasteiger partial charge >= 0.3 is 248 Å². The van der Waals surface area contributed by atoms with Crippen molar-refractivity contribution in [2.75, 3.05) is 13.7 Å². The summed E-state index contributed by atoms with van der Waals surface area (Å²) >= 11 is -2.91. The zero-order valence-corrected chi connectivity index (χ0v) is 30.7. The molecule has 0 unspecified atom stereocenters. The molecule has 6 heteroatoms. The summed E-state index contributed by atoms with van der Waals surface area (Å²) in [6, 6.07) is 9.76. The third-order valence-electron chi connectivity index (χ3n) is 8.58. The van der Waals surface area contributed by atoms with E-state index in [1.54, 1.807) is 7.11 Å². The maximum atomic E-state index is 13.6. The third-order valence-corrected chi connectivity index (χ3v) is 29.0. The molecule has 0 saturated carbocycles. The molecular weight excluding hydrogens is 607 g/mol. The van der Waals surface area contributed by atoms with Gasteiger partial charge in [-0.15, -0.1) is 0 Å². The van der Waals surface area contributed by atoms with Gasteiger partial charge in [0.1, 0.15) is 0 Å². The van der Waals surface area contributed by atoms with Crippen molar-refractivity contribution >= 4 is 32.7 Å². The first-order chi connectivity index (χ1) is 18.5. The molecule has 0 spiro atoms. The van der Waals surface area contributed by atoms with Gasteiger partial charge in [0.2, 0.25) is 0 Å². The van der Waals surface area contributed by atoms with E-state index < -0.39 is 32.8 Å². The number of carbonyl (C=O) groups is 1. The Hall–Kier alpha value is -0.634. The topological polar surface area (TPSA) is 44.8 Å². The predicted octanol–water partition coefficient (Wildman–Crippen LogP) is 10.0. The molecule has 0 radical (unpaired) electrons. The van der Waals surface area contributed by atoms with Gasteiger partial charge in [0.05, 0.1) is 0 Å². The van der Waals surface area contributed by atoms with Crippen molar-refractivity contribution in [2.24, 2.45) is 0 Å². The number of allylic oxidation sites excluding steroid dienone is 1. The van der Waals surface area contributed by atoms with E-state index >= 15 is 0 Å². The molecule has 224 valence electrons. The number of rotatable bonds is 20. The Bertz CT molecular complexity index is 797. The van der Waals surface area contributed by atoms with Crippen LogP contribution < -0.4 is 0 Å². The van der Waals surface area contributed by atoms with E-state index in [9.17, 15) is 4.79 Å². The minimum atomic E-state index is -2.91. The Morgan fingerprint density at radius 1 is 0.923 bits per heavy atom. The van der Waals surface area contributed by atoms with Crippen molar-refractivity contribution in [2.45, 2.75) is 135 Å². The van der Waals surface area contributed by atoms with Crippen LogP contribution in [0.15, 0.2) is 42.5 Å². The molecule has 0 aliphatic rings. The summed E-state index contributed by atoms with van der Waals surface area (Å²) in [7, 11) is -0.125. The van der Waals surface area contributed by atoms with E-state index in [4.69, 9.17) is 13.9 Å². The number of hydrogen-bond acceptors (Lipinski definition) is 4. The molecule has 1 aromatic carbocycles. The second-order valence-electron chi connectivity index (χ2n) is 12.7. The number of esters is 1. The number of ether oxygens (including phenoxy) is 2. The summed E-state index contributed by atoms with van der Waals surface area (Å²) < 4.78 is 22.4. The summed E-state index contributed by atoms with van der Waals surface area (Å²) in [5.41, 5.74) is 0.854. The van der Waals surface area contributed by atoms with E-state index in [0.717, 1.165) is 25.0 Å². The molecule has 0 aromatic heterocycles. The fraction of sp³-hybridized carbons (Fsp3) is 0.727. The van der Waals surface area contributed by atoms with Gasteiger partial charge < -0.3 is 0 Å². The third kappa shape index (κ3) is 12.4. The van der Waals surface area contributed by atoms with Crippen LogP contribution >= 0.6 is 0 Å². The van der Waals surface area contributed by atoms with Gasteiger partial charge in [-0.1, -0.05) is 0 Å². The Morgan fingerprint density at radius 2 is 1.46 bits per heavy atom. The zero-order valence-electron chi connectivity index (χ0n) is 26.8. The quantitative estimate of drug-likeness (QED) is 0.0601. The van der Waals surface area contributed by atoms with Crippen molar-refractivity contribution in [3.63, 3.8) is 0 Å². The fourth-order valence-electron chi connectivity index (χ4n) is 4.90. The van der Waals surface area contributed by atoms with Crippen molar-refractivity contribution < 1.29 is 18.7 Å². The average molecular weight is 668 g/mol. The maximum absolute atomic E-state index is 13.6. The molecule has 39 heavy (non-hydrogen) atoms. The van der Waals surface area contributed by atoms with Crippen LogP contribution in [0.4, 0.5) is 0 Å². The van der Waals surface area contributed by atoms with Crippen LogP contribution in [0.5, 0.6) is 0 Å². The summed E-state index contributed by atoms with van der Waals surface area (Å²) in [6.07, 6.45) is 13.1. The molecule has 1 rings (SSSR count). The van der Waals surface area contributed by atoms with E-state index in [1.807, 2.05) is 30.3 Å². The van der Waals surface area contributed by atoms with Gasteiger partial charge in [-0.05, 0) is 0 Å². The molecular formula is C33H60O4SiSn. The van der Waals surface area contributed by atoms with Gasteiger partial charge in [-0.3, -0.25) is 0 Å². The molecule has 2 atom stereocenters. The predicted molar refractivity (Wildman–Crippen MR) is 172 cm³/mol. The summed E-state index contributed by atoms with van der Waals surface area (Å²) in [6.45, 7) is 19.1. The van der Waals surface area contributed by atoms with Crippen LogP contribution in [0, 0.1) is 0 Å². The molecule has 4 nitrogen and oxygen atoms in total. The van der Waals surface area contributed by atoms with Crippen LogP contribution in [0.25, 0.3) is 0 Å².